The Morgan fingerprint density at radius 1 is 1.09 bits per heavy atom. The third-order valence-electron chi connectivity index (χ3n) is 6.01. The molecule has 0 fully saturated rings. The summed E-state index contributed by atoms with van der Waals surface area (Å²) >= 11 is 0. The molecule has 170 valence electrons. The number of tetrazole rings is 1. The molecule has 8 heteroatoms. The van der Waals surface area contributed by atoms with Crippen molar-refractivity contribution in [2.75, 3.05) is 11.9 Å². The van der Waals surface area contributed by atoms with Crippen LogP contribution in [0.5, 0.6) is 11.5 Å². The quantitative estimate of drug-likeness (QED) is 0.604. The zero-order valence-electron chi connectivity index (χ0n) is 19.0. The van der Waals surface area contributed by atoms with Gasteiger partial charge in [0.05, 0.1) is 6.61 Å². The Morgan fingerprint density at radius 3 is 2.70 bits per heavy atom. The molecule has 33 heavy (non-hydrogen) atoms. The van der Waals surface area contributed by atoms with Crippen LogP contribution in [0.2, 0.25) is 0 Å². The zero-order valence-corrected chi connectivity index (χ0v) is 19.0. The van der Waals surface area contributed by atoms with Crippen LogP contribution in [0.1, 0.15) is 50.8 Å². The topological polar surface area (TPSA) is 91.2 Å². The number of benzene rings is 2. The van der Waals surface area contributed by atoms with Crippen molar-refractivity contribution in [2.45, 2.75) is 46.3 Å². The Labute approximate surface area is 192 Å². The molecule has 2 aromatic carbocycles. The molecule has 0 radical (unpaired) electrons. The van der Waals surface area contributed by atoms with E-state index in [0.717, 1.165) is 28.8 Å². The standard InChI is InChI=1S/C25H27N5O3/c1-4-32-21-12-17(10-11-20(21)33-15-16-8-6-5-7-9-16)23-22-18(13-25(2,3)14-19(22)31)26-24-27-28-29-30(23)24/h5-12,23H,4,13-15H2,1-3H3,(H,26,27,29). The van der Waals surface area contributed by atoms with E-state index in [4.69, 9.17) is 9.47 Å². The first kappa shape index (κ1) is 21.2. The minimum absolute atomic E-state index is 0.113. The highest BCUT2D eigenvalue weighted by atomic mass is 16.5. The predicted molar refractivity (Wildman–Crippen MR) is 123 cm³/mol. The van der Waals surface area contributed by atoms with Crippen molar-refractivity contribution in [1.29, 1.82) is 0 Å². The summed E-state index contributed by atoms with van der Waals surface area (Å²) in [6.45, 7) is 7.08. The van der Waals surface area contributed by atoms with Crippen molar-refractivity contribution in [1.82, 2.24) is 20.2 Å². The van der Waals surface area contributed by atoms with Gasteiger partial charge < -0.3 is 14.8 Å². The van der Waals surface area contributed by atoms with E-state index in [1.807, 2.05) is 55.5 Å². The van der Waals surface area contributed by atoms with Crippen LogP contribution < -0.4 is 14.8 Å². The van der Waals surface area contributed by atoms with E-state index in [1.165, 1.54) is 0 Å². The van der Waals surface area contributed by atoms with Gasteiger partial charge in [-0.15, -0.1) is 0 Å². The van der Waals surface area contributed by atoms with Crippen LogP contribution in [0.25, 0.3) is 0 Å². The van der Waals surface area contributed by atoms with Crippen molar-refractivity contribution in [3.05, 3.63) is 70.9 Å². The van der Waals surface area contributed by atoms with E-state index in [9.17, 15) is 4.79 Å². The van der Waals surface area contributed by atoms with Crippen LogP contribution in [-0.4, -0.2) is 32.6 Å². The SMILES string of the molecule is CCOc1cc(C2C3=C(CC(C)(C)CC3=O)Nc3nnnn32)ccc1OCc1ccccc1. The minimum atomic E-state index is -0.419. The lowest BCUT2D eigenvalue weighted by Crippen LogP contribution is -2.36. The second-order valence-corrected chi connectivity index (χ2v) is 9.22. The Balaban J connectivity index is 1.53. The Kier molecular flexibility index (Phi) is 5.36. The summed E-state index contributed by atoms with van der Waals surface area (Å²) in [5.74, 6) is 1.93. The summed E-state index contributed by atoms with van der Waals surface area (Å²) < 4.78 is 13.7. The summed E-state index contributed by atoms with van der Waals surface area (Å²) in [6, 6.07) is 15.4. The largest absolute Gasteiger partial charge is 0.490 e. The van der Waals surface area contributed by atoms with Gasteiger partial charge in [0, 0.05) is 17.7 Å². The number of rotatable bonds is 6. The number of nitrogens with one attached hydrogen (secondary N) is 1. The number of ketones is 1. The van der Waals surface area contributed by atoms with Gasteiger partial charge >= 0.3 is 0 Å². The maximum Gasteiger partial charge on any atom is 0.248 e. The average Bonchev–Trinajstić information content (AvgIpc) is 3.25. The summed E-state index contributed by atoms with van der Waals surface area (Å²) in [7, 11) is 0. The van der Waals surface area contributed by atoms with Crippen molar-refractivity contribution in [3.8, 4) is 11.5 Å². The molecule has 1 atom stereocenters. The molecular formula is C25H27N5O3. The summed E-state index contributed by atoms with van der Waals surface area (Å²) in [6.07, 6.45) is 1.24. The molecule has 3 aromatic rings. The first-order valence-electron chi connectivity index (χ1n) is 11.2. The number of fused-ring (bicyclic) bond motifs is 1. The maximum absolute atomic E-state index is 13.3. The predicted octanol–water partition coefficient (Wildman–Crippen LogP) is 4.31. The van der Waals surface area contributed by atoms with Crippen molar-refractivity contribution in [3.63, 3.8) is 0 Å². The number of nitrogens with zero attached hydrogens (tertiary/aromatic N) is 4. The molecule has 0 saturated heterocycles. The van der Waals surface area contributed by atoms with Gasteiger partial charge in [-0.2, -0.15) is 4.68 Å². The Morgan fingerprint density at radius 2 is 1.91 bits per heavy atom. The summed E-state index contributed by atoms with van der Waals surface area (Å²) in [4.78, 5) is 13.3. The van der Waals surface area contributed by atoms with Crippen LogP contribution in [0.4, 0.5) is 5.95 Å². The first-order chi connectivity index (χ1) is 15.9. The molecule has 0 amide bonds. The number of carbonyl (C=O) groups excluding carboxylic acids is 1. The molecule has 1 aromatic heterocycles. The third kappa shape index (κ3) is 4.08. The maximum atomic E-state index is 13.3. The number of ether oxygens (including phenoxy) is 2. The van der Waals surface area contributed by atoms with Crippen LogP contribution in [-0.2, 0) is 11.4 Å². The van der Waals surface area contributed by atoms with E-state index in [1.54, 1.807) is 4.68 Å². The highest BCUT2D eigenvalue weighted by molar-refractivity contribution is 6.00. The second kappa shape index (κ2) is 8.35. The third-order valence-corrected chi connectivity index (χ3v) is 6.01. The molecule has 1 aliphatic carbocycles. The molecule has 2 aliphatic rings. The molecule has 2 heterocycles. The lowest BCUT2D eigenvalue weighted by molar-refractivity contribution is -0.118. The number of Topliss-reactive ketones (excluding diaryl/α,β-unsaturated/α-hetero) is 1. The number of aromatic nitrogens is 4. The van der Waals surface area contributed by atoms with E-state index < -0.39 is 6.04 Å². The van der Waals surface area contributed by atoms with Gasteiger partial charge in [-0.05, 0) is 52.4 Å². The number of carbonyl (C=O) groups is 1. The van der Waals surface area contributed by atoms with Gasteiger partial charge in [-0.25, -0.2) is 0 Å². The fraction of sp³-hybridized carbons (Fsp3) is 0.360. The molecule has 0 bridgehead atoms. The fourth-order valence-corrected chi connectivity index (χ4v) is 4.60. The molecule has 5 rings (SSSR count). The molecule has 0 saturated carbocycles. The Bertz CT molecular complexity index is 1220. The zero-order chi connectivity index (χ0) is 23.0. The van der Waals surface area contributed by atoms with Crippen LogP contribution in [0.15, 0.2) is 59.8 Å². The first-order valence-corrected chi connectivity index (χ1v) is 11.2. The monoisotopic (exact) mass is 445 g/mol. The van der Waals surface area contributed by atoms with Gasteiger partial charge in [0.25, 0.3) is 0 Å². The lowest BCUT2D eigenvalue weighted by Gasteiger charge is -2.37. The van der Waals surface area contributed by atoms with Crippen molar-refractivity contribution < 1.29 is 14.3 Å². The van der Waals surface area contributed by atoms with E-state index in [-0.39, 0.29) is 11.2 Å². The molecule has 8 nitrogen and oxygen atoms in total. The van der Waals surface area contributed by atoms with Crippen molar-refractivity contribution in [2.24, 2.45) is 5.41 Å². The van der Waals surface area contributed by atoms with E-state index in [2.05, 4.69) is 34.7 Å². The van der Waals surface area contributed by atoms with Gasteiger partial charge in [-0.1, -0.05) is 55.3 Å². The number of hydrogen-bond donors (Lipinski definition) is 1. The second-order valence-electron chi connectivity index (χ2n) is 9.22. The van der Waals surface area contributed by atoms with E-state index in [0.29, 0.717) is 37.1 Å². The van der Waals surface area contributed by atoms with Gasteiger partial charge in [0.15, 0.2) is 17.3 Å². The Hall–Kier alpha value is -3.68. The minimum Gasteiger partial charge on any atom is -0.490 e. The highest BCUT2D eigenvalue weighted by Gasteiger charge is 2.42. The van der Waals surface area contributed by atoms with Gasteiger partial charge in [0.2, 0.25) is 5.95 Å². The fourth-order valence-electron chi connectivity index (χ4n) is 4.60. The van der Waals surface area contributed by atoms with Gasteiger partial charge in [0.1, 0.15) is 12.6 Å². The average molecular weight is 446 g/mol. The highest BCUT2D eigenvalue weighted by Crippen LogP contribution is 2.46. The molecule has 0 spiro atoms. The number of allylic oxidation sites excluding steroid dienone is 2. The van der Waals surface area contributed by atoms with E-state index >= 15 is 0 Å². The molecule has 1 N–H and O–H groups in total. The smallest absolute Gasteiger partial charge is 0.248 e. The van der Waals surface area contributed by atoms with Crippen molar-refractivity contribution >= 4 is 11.7 Å². The summed E-state index contributed by atoms with van der Waals surface area (Å²) in [5, 5.41) is 15.4. The van der Waals surface area contributed by atoms with Crippen LogP contribution in [0.3, 0.4) is 0 Å². The molecule has 1 unspecified atom stereocenters. The van der Waals surface area contributed by atoms with Crippen LogP contribution >= 0.6 is 0 Å². The number of hydrogen-bond acceptors (Lipinski definition) is 7. The number of anilines is 1. The molecule has 1 aliphatic heterocycles. The van der Waals surface area contributed by atoms with Crippen LogP contribution in [0, 0.1) is 5.41 Å². The lowest BCUT2D eigenvalue weighted by atomic mass is 9.73. The van der Waals surface area contributed by atoms with Gasteiger partial charge in [-0.3, -0.25) is 4.79 Å². The normalized spacial score (nSPS) is 18.9. The molecular weight excluding hydrogens is 418 g/mol. The summed E-state index contributed by atoms with van der Waals surface area (Å²) in [5.41, 5.74) is 3.45.